The second-order valence-electron chi connectivity index (χ2n) is 5.98. The quantitative estimate of drug-likeness (QED) is 0.541. The molecule has 0 saturated heterocycles. The van der Waals surface area contributed by atoms with Gasteiger partial charge < -0.3 is 20.2 Å². The molecular formula is C18H23ClFN3O2. The zero-order valence-corrected chi connectivity index (χ0v) is 15.3. The Bertz CT molecular complexity index is 744. The number of rotatable bonds is 6. The van der Waals surface area contributed by atoms with E-state index in [1.165, 1.54) is 6.07 Å². The predicted octanol–water partition coefficient (Wildman–Crippen LogP) is 3.34. The van der Waals surface area contributed by atoms with Gasteiger partial charge in [-0.3, -0.25) is 0 Å². The molecule has 0 aliphatic rings. The fraction of sp³-hybridized carbons (Fsp3) is 0.389. The second kappa shape index (κ2) is 8.36. The molecule has 0 fully saturated rings. The van der Waals surface area contributed by atoms with E-state index in [1.807, 2.05) is 13.8 Å². The van der Waals surface area contributed by atoms with Crippen LogP contribution in [0.1, 0.15) is 30.9 Å². The highest BCUT2D eigenvalue weighted by atomic mass is 35.5. The molecule has 1 unspecified atom stereocenters. The molecule has 2 rings (SSSR count). The third-order valence-electron chi connectivity index (χ3n) is 3.62. The number of hydrogen-bond donors (Lipinski definition) is 3. The first-order valence-electron chi connectivity index (χ1n) is 8.07. The lowest BCUT2D eigenvalue weighted by molar-refractivity contribution is 0.0378. The summed E-state index contributed by atoms with van der Waals surface area (Å²) in [7, 11) is 0. The molecule has 136 valence electrons. The SMILES string of the molecule is CCNC(=NCc1ccc(F)c(Cl)c1)NCC(C)(O)c1ccc(C)o1. The smallest absolute Gasteiger partial charge is 0.191 e. The van der Waals surface area contributed by atoms with Crippen LogP contribution in [0.25, 0.3) is 0 Å². The summed E-state index contributed by atoms with van der Waals surface area (Å²) in [5.74, 6) is 1.30. The van der Waals surface area contributed by atoms with E-state index in [1.54, 1.807) is 31.2 Å². The van der Waals surface area contributed by atoms with Crippen molar-refractivity contribution in [1.29, 1.82) is 0 Å². The van der Waals surface area contributed by atoms with Crippen molar-refractivity contribution in [1.82, 2.24) is 10.6 Å². The van der Waals surface area contributed by atoms with Gasteiger partial charge in [0.15, 0.2) is 5.96 Å². The highest BCUT2D eigenvalue weighted by Gasteiger charge is 2.27. The number of hydrogen-bond acceptors (Lipinski definition) is 3. The van der Waals surface area contributed by atoms with Gasteiger partial charge >= 0.3 is 0 Å². The molecule has 0 amide bonds. The lowest BCUT2D eigenvalue weighted by Crippen LogP contribution is -2.44. The number of aliphatic hydroxyl groups is 1. The van der Waals surface area contributed by atoms with E-state index in [2.05, 4.69) is 15.6 Å². The van der Waals surface area contributed by atoms with Crippen LogP contribution in [0.4, 0.5) is 4.39 Å². The summed E-state index contributed by atoms with van der Waals surface area (Å²) in [6.07, 6.45) is 0. The van der Waals surface area contributed by atoms with Gasteiger partial charge in [0.25, 0.3) is 0 Å². The summed E-state index contributed by atoms with van der Waals surface area (Å²) in [5.41, 5.74) is -0.388. The fourth-order valence-corrected chi connectivity index (χ4v) is 2.42. The average Bonchev–Trinajstić information content (AvgIpc) is 3.01. The Hall–Kier alpha value is -2.05. The molecule has 25 heavy (non-hydrogen) atoms. The molecule has 5 nitrogen and oxygen atoms in total. The van der Waals surface area contributed by atoms with Gasteiger partial charge in [0.1, 0.15) is 22.9 Å². The highest BCUT2D eigenvalue weighted by molar-refractivity contribution is 6.30. The Morgan fingerprint density at radius 2 is 2.08 bits per heavy atom. The standard InChI is InChI=1S/C18H23ClFN3O2/c1-4-21-17(22-10-13-6-7-15(20)14(19)9-13)23-11-18(3,24)16-8-5-12(2)25-16/h5-9,24H,4,10-11H2,1-3H3,(H2,21,22,23). The molecular weight excluding hydrogens is 345 g/mol. The number of nitrogens with zero attached hydrogens (tertiary/aromatic N) is 1. The van der Waals surface area contributed by atoms with Crippen molar-refractivity contribution in [3.8, 4) is 0 Å². The van der Waals surface area contributed by atoms with Crippen LogP contribution in [0.3, 0.4) is 0 Å². The zero-order chi connectivity index (χ0) is 18.4. The third kappa shape index (κ3) is 5.47. The number of furan rings is 1. The average molecular weight is 368 g/mol. The van der Waals surface area contributed by atoms with Gasteiger partial charge in [-0.1, -0.05) is 17.7 Å². The summed E-state index contributed by atoms with van der Waals surface area (Å²) < 4.78 is 18.7. The van der Waals surface area contributed by atoms with Crippen molar-refractivity contribution >= 4 is 17.6 Å². The predicted molar refractivity (Wildman–Crippen MR) is 97.2 cm³/mol. The second-order valence-corrected chi connectivity index (χ2v) is 6.39. The van der Waals surface area contributed by atoms with Crippen LogP contribution in [0.15, 0.2) is 39.7 Å². The van der Waals surface area contributed by atoms with Crippen LogP contribution in [-0.4, -0.2) is 24.2 Å². The van der Waals surface area contributed by atoms with Gasteiger partial charge in [0.05, 0.1) is 18.1 Å². The van der Waals surface area contributed by atoms with Crippen LogP contribution in [0.2, 0.25) is 5.02 Å². The van der Waals surface area contributed by atoms with Gasteiger partial charge in [-0.2, -0.15) is 0 Å². The first kappa shape index (κ1) is 19.3. The highest BCUT2D eigenvalue weighted by Crippen LogP contribution is 2.22. The molecule has 0 saturated carbocycles. The Labute approximate surface area is 151 Å². The van der Waals surface area contributed by atoms with E-state index in [4.69, 9.17) is 16.0 Å². The molecule has 3 N–H and O–H groups in total. The van der Waals surface area contributed by atoms with E-state index < -0.39 is 11.4 Å². The molecule has 7 heteroatoms. The van der Waals surface area contributed by atoms with Crippen LogP contribution in [0.5, 0.6) is 0 Å². The molecule has 1 atom stereocenters. The minimum absolute atomic E-state index is 0.0711. The number of halogens is 2. The normalized spacial score (nSPS) is 14.2. The lowest BCUT2D eigenvalue weighted by Gasteiger charge is -2.22. The van der Waals surface area contributed by atoms with Gasteiger partial charge in [-0.05, 0) is 50.6 Å². The van der Waals surface area contributed by atoms with Crippen molar-refractivity contribution < 1.29 is 13.9 Å². The molecule has 0 aliphatic carbocycles. The van der Waals surface area contributed by atoms with Crippen molar-refractivity contribution in [2.24, 2.45) is 4.99 Å². The van der Waals surface area contributed by atoms with Crippen molar-refractivity contribution in [2.75, 3.05) is 13.1 Å². The van der Waals surface area contributed by atoms with Crippen molar-refractivity contribution in [2.45, 2.75) is 32.9 Å². The number of aliphatic imine (C=N–C) groups is 1. The molecule has 0 radical (unpaired) electrons. The third-order valence-corrected chi connectivity index (χ3v) is 3.91. The minimum atomic E-state index is -1.18. The topological polar surface area (TPSA) is 69.8 Å². The van der Waals surface area contributed by atoms with E-state index in [-0.39, 0.29) is 11.6 Å². The number of aryl methyl sites for hydroxylation is 1. The van der Waals surface area contributed by atoms with Crippen LogP contribution < -0.4 is 10.6 Å². The van der Waals surface area contributed by atoms with E-state index in [0.717, 1.165) is 11.3 Å². The molecule has 0 bridgehead atoms. The first-order chi connectivity index (χ1) is 11.8. The summed E-state index contributed by atoms with van der Waals surface area (Å²) in [6, 6.07) is 8.06. The lowest BCUT2D eigenvalue weighted by atomic mass is 10.0. The maximum atomic E-state index is 13.2. The maximum absolute atomic E-state index is 13.2. The maximum Gasteiger partial charge on any atom is 0.191 e. The number of nitrogens with one attached hydrogen (secondary N) is 2. The van der Waals surface area contributed by atoms with E-state index in [9.17, 15) is 9.50 Å². The Balaban J connectivity index is 2.03. The fourth-order valence-electron chi connectivity index (χ4n) is 2.22. The molecule has 0 aliphatic heterocycles. The first-order valence-corrected chi connectivity index (χ1v) is 8.45. The van der Waals surface area contributed by atoms with Gasteiger partial charge in [0.2, 0.25) is 0 Å². The number of guanidine groups is 1. The molecule has 1 aromatic carbocycles. The monoisotopic (exact) mass is 367 g/mol. The largest absolute Gasteiger partial charge is 0.463 e. The van der Waals surface area contributed by atoms with Crippen LogP contribution >= 0.6 is 11.6 Å². The molecule has 2 aromatic rings. The zero-order valence-electron chi connectivity index (χ0n) is 14.6. The Morgan fingerprint density at radius 3 is 2.68 bits per heavy atom. The molecule has 0 spiro atoms. The van der Waals surface area contributed by atoms with E-state index >= 15 is 0 Å². The van der Waals surface area contributed by atoms with Crippen LogP contribution in [-0.2, 0) is 12.1 Å². The summed E-state index contributed by atoms with van der Waals surface area (Å²) >= 11 is 5.78. The molecule has 1 heterocycles. The van der Waals surface area contributed by atoms with Gasteiger partial charge in [0, 0.05) is 6.54 Å². The summed E-state index contributed by atoms with van der Waals surface area (Å²) in [5, 5.41) is 16.8. The Kier molecular flexibility index (Phi) is 6.45. The van der Waals surface area contributed by atoms with Crippen molar-refractivity contribution in [3.63, 3.8) is 0 Å². The Morgan fingerprint density at radius 1 is 1.32 bits per heavy atom. The van der Waals surface area contributed by atoms with Crippen molar-refractivity contribution in [3.05, 3.63) is 58.3 Å². The van der Waals surface area contributed by atoms with E-state index in [0.29, 0.717) is 24.8 Å². The number of benzene rings is 1. The van der Waals surface area contributed by atoms with Crippen LogP contribution in [0, 0.1) is 12.7 Å². The van der Waals surface area contributed by atoms with Gasteiger partial charge in [-0.25, -0.2) is 9.38 Å². The summed E-state index contributed by atoms with van der Waals surface area (Å²) in [6.45, 7) is 6.65. The van der Waals surface area contributed by atoms with Gasteiger partial charge in [-0.15, -0.1) is 0 Å². The minimum Gasteiger partial charge on any atom is -0.463 e. The molecule has 1 aromatic heterocycles. The summed E-state index contributed by atoms with van der Waals surface area (Å²) in [4.78, 5) is 4.43.